The Morgan fingerprint density at radius 1 is 1.05 bits per heavy atom. The highest BCUT2D eigenvalue weighted by Crippen LogP contribution is 2.45. The van der Waals surface area contributed by atoms with Crippen molar-refractivity contribution < 1.29 is 0 Å². The first-order chi connectivity index (χ1) is 10.7. The van der Waals surface area contributed by atoms with Crippen molar-refractivity contribution in [1.82, 2.24) is 4.90 Å². The summed E-state index contributed by atoms with van der Waals surface area (Å²) in [7, 11) is 2.18. The van der Waals surface area contributed by atoms with Crippen molar-refractivity contribution >= 4 is 17.3 Å². The van der Waals surface area contributed by atoms with Crippen LogP contribution in [0.15, 0.2) is 58.3 Å². The molecule has 0 spiro atoms. The van der Waals surface area contributed by atoms with E-state index in [-0.39, 0.29) is 0 Å². The molecule has 114 valence electrons. The first-order valence-electron chi connectivity index (χ1n) is 7.96. The van der Waals surface area contributed by atoms with Crippen LogP contribution in [0.25, 0.3) is 5.57 Å². The zero-order valence-electron chi connectivity index (χ0n) is 13.6. The number of benzene rings is 2. The number of hydrogen-bond donors (Lipinski definition) is 0. The van der Waals surface area contributed by atoms with Crippen LogP contribution >= 0.6 is 11.8 Å². The van der Waals surface area contributed by atoms with Crippen LogP contribution in [0.5, 0.6) is 0 Å². The smallest absolute Gasteiger partial charge is 0.0201 e. The normalized spacial score (nSPS) is 15.0. The van der Waals surface area contributed by atoms with E-state index >= 15 is 0 Å². The lowest BCUT2D eigenvalue weighted by atomic mass is 9.95. The van der Waals surface area contributed by atoms with E-state index in [9.17, 15) is 0 Å². The van der Waals surface area contributed by atoms with E-state index in [1.807, 2.05) is 11.8 Å². The van der Waals surface area contributed by atoms with E-state index in [4.69, 9.17) is 0 Å². The zero-order chi connectivity index (χ0) is 15.5. The fourth-order valence-electron chi connectivity index (χ4n) is 2.79. The highest BCUT2D eigenvalue weighted by Gasteiger charge is 2.20. The van der Waals surface area contributed by atoms with Gasteiger partial charge in [0, 0.05) is 16.3 Å². The minimum absolute atomic E-state index is 1.09. The van der Waals surface area contributed by atoms with Crippen LogP contribution in [0.1, 0.15) is 30.0 Å². The Labute approximate surface area is 138 Å². The molecule has 2 aromatic rings. The Hall–Kier alpha value is -1.51. The molecule has 1 heterocycles. The summed E-state index contributed by atoms with van der Waals surface area (Å²) in [6.45, 7) is 6.59. The summed E-state index contributed by atoms with van der Waals surface area (Å²) in [4.78, 5) is 5.10. The summed E-state index contributed by atoms with van der Waals surface area (Å²) in [5, 5.41) is 0. The van der Waals surface area contributed by atoms with Crippen molar-refractivity contribution in [2.75, 3.05) is 20.1 Å². The number of nitrogens with zero attached hydrogens (tertiary/aromatic N) is 1. The molecule has 22 heavy (non-hydrogen) atoms. The first-order valence-corrected chi connectivity index (χ1v) is 8.77. The third-order valence-corrected chi connectivity index (χ3v) is 5.37. The van der Waals surface area contributed by atoms with E-state index in [2.05, 4.69) is 74.3 Å². The SMILES string of the molecule is CCN(C)CC/C=C1\c2ccccc2Sc2ccc(C)cc21. The third-order valence-electron chi connectivity index (χ3n) is 4.22. The van der Waals surface area contributed by atoms with Gasteiger partial charge in [-0.25, -0.2) is 0 Å². The lowest BCUT2D eigenvalue weighted by molar-refractivity contribution is 0.360. The van der Waals surface area contributed by atoms with Gasteiger partial charge in [-0.15, -0.1) is 0 Å². The molecule has 2 aromatic carbocycles. The molecule has 0 aromatic heterocycles. The Balaban J connectivity index is 2.00. The van der Waals surface area contributed by atoms with Gasteiger partial charge in [0.15, 0.2) is 0 Å². The van der Waals surface area contributed by atoms with Crippen LogP contribution in [0.3, 0.4) is 0 Å². The van der Waals surface area contributed by atoms with Gasteiger partial charge in [0.2, 0.25) is 0 Å². The van der Waals surface area contributed by atoms with Crippen molar-refractivity contribution in [3.63, 3.8) is 0 Å². The van der Waals surface area contributed by atoms with Crippen LogP contribution in [-0.2, 0) is 0 Å². The van der Waals surface area contributed by atoms with Gasteiger partial charge in [0.25, 0.3) is 0 Å². The van der Waals surface area contributed by atoms with E-state index in [1.54, 1.807) is 0 Å². The van der Waals surface area contributed by atoms with Gasteiger partial charge in [-0.05, 0) is 55.8 Å². The van der Waals surface area contributed by atoms with Crippen molar-refractivity contribution in [2.45, 2.75) is 30.1 Å². The number of rotatable bonds is 4. The summed E-state index contributed by atoms with van der Waals surface area (Å²) in [6.07, 6.45) is 3.51. The lowest BCUT2D eigenvalue weighted by Crippen LogP contribution is -2.18. The van der Waals surface area contributed by atoms with Gasteiger partial charge in [-0.3, -0.25) is 0 Å². The summed E-state index contributed by atoms with van der Waals surface area (Å²) >= 11 is 1.89. The van der Waals surface area contributed by atoms with Crippen LogP contribution in [0.4, 0.5) is 0 Å². The molecule has 0 saturated carbocycles. The van der Waals surface area contributed by atoms with Gasteiger partial charge in [-0.1, -0.05) is 60.7 Å². The molecule has 3 rings (SSSR count). The maximum absolute atomic E-state index is 2.42. The molecule has 0 fully saturated rings. The molecule has 1 nitrogen and oxygen atoms in total. The molecule has 0 aliphatic carbocycles. The molecule has 0 unspecified atom stereocenters. The van der Waals surface area contributed by atoms with E-state index in [0.717, 1.165) is 19.5 Å². The van der Waals surface area contributed by atoms with Crippen molar-refractivity contribution in [1.29, 1.82) is 0 Å². The lowest BCUT2D eigenvalue weighted by Gasteiger charge is -2.23. The second kappa shape index (κ2) is 6.72. The summed E-state index contributed by atoms with van der Waals surface area (Å²) < 4.78 is 0. The number of fused-ring (bicyclic) bond motifs is 2. The highest BCUT2D eigenvalue weighted by atomic mass is 32.2. The molecule has 0 bridgehead atoms. The Morgan fingerprint density at radius 3 is 2.64 bits per heavy atom. The monoisotopic (exact) mass is 309 g/mol. The van der Waals surface area contributed by atoms with Gasteiger partial charge in [0.05, 0.1) is 0 Å². The summed E-state index contributed by atoms with van der Waals surface area (Å²) in [5.41, 5.74) is 5.50. The molecule has 0 saturated heterocycles. The second-order valence-electron chi connectivity index (χ2n) is 5.90. The molecule has 0 atom stereocenters. The summed E-state index contributed by atoms with van der Waals surface area (Å²) in [6, 6.07) is 15.6. The minimum Gasteiger partial charge on any atom is -0.306 e. The van der Waals surface area contributed by atoms with Crippen LogP contribution < -0.4 is 0 Å². The Kier molecular flexibility index (Phi) is 4.70. The van der Waals surface area contributed by atoms with Crippen molar-refractivity contribution in [3.05, 3.63) is 65.2 Å². The third kappa shape index (κ3) is 3.13. The van der Waals surface area contributed by atoms with Crippen molar-refractivity contribution in [3.8, 4) is 0 Å². The molecule has 2 heteroatoms. The zero-order valence-corrected chi connectivity index (χ0v) is 14.4. The largest absolute Gasteiger partial charge is 0.306 e. The Bertz CT molecular complexity index is 703. The minimum atomic E-state index is 1.09. The molecule has 0 N–H and O–H groups in total. The molecule has 1 aliphatic heterocycles. The average molecular weight is 309 g/mol. The van der Waals surface area contributed by atoms with Gasteiger partial charge in [0.1, 0.15) is 0 Å². The highest BCUT2D eigenvalue weighted by molar-refractivity contribution is 7.99. The van der Waals surface area contributed by atoms with Gasteiger partial charge >= 0.3 is 0 Å². The second-order valence-corrected chi connectivity index (χ2v) is 6.98. The first kappa shape index (κ1) is 15.4. The molecule has 0 amide bonds. The average Bonchev–Trinajstić information content (AvgIpc) is 2.54. The molecule has 0 radical (unpaired) electrons. The van der Waals surface area contributed by atoms with Gasteiger partial charge < -0.3 is 4.90 Å². The fourth-order valence-corrected chi connectivity index (χ4v) is 3.88. The molecular weight excluding hydrogens is 286 g/mol. The van der Waals surface area contributed by atoms with Crippen LogP contribution in [-0.4, -0.2) is 25.0 Å². The predicted octanol–water partition coefficient (Wildman–Crippen LogP) is 5.23. The van der Waals surface area contributed by atoms with Crippen LogP contribution in [0.2, 0.25) is 0 Å². The van der Waals surface area contributed by atoms with Gasteiger partial charge in [-0.2, -0.15) is 0 Å². The summed E-state index contributed by atoms with van der Waals surface area (Å²) in [5.74, 6) is 0. The predicted molar refractivity (Wildman–Crippen MR) is 96.6 cm³/mol. The topological polar surface area (TPSA) is 3.24 Å². The standard InChI is InChI=1S/C20H23NS/c1-4-21(3)13-7-9-16-17-8-5-6-10-19(17)22-20-12-11-15(2)14-18(16)20/h5-6,8-12,14H,4,7,13H2,1-3H3/b16-9+. The maximum atomic E-state index is 2.42. The van der Waals surface area contributed by atoms with Crippen LogP contribution in [0, 0.1) is 6.92 Å². The van der Waals surface area contributed by atoms with E-state index in [0.29, 0.717) is 0 Å². The maximum Gasteiger partial charge on any atom is 0.0201 e. The number of aryl methyl sites for hydroxylation is 1. The molecular formula is C20H23NS. The van der Waals surface area contributed by atoms with E-state index in [1.165, 1.54) is 32.1 Å². The fraction of sp³-hybridized carbons (Fsp3) is 0.300. The number of hydrogen-bond acceptors (Lipinski definition) is 2. The quantitative estimate of drug-likeness (QED) is 0.649. The van der Waals surface area contributed by atoms with Crippen molar-refractivity contribution in [2.24, 2.45) is 0 Å². The Morgan fingerprint density at radius 2 is 1.82 bits per heavy atom. The molecule has 1 aliphatic rings. The van der Waals surface area contributed by atoms with E-state index < -0.39 is 0 Å².